The van der Waals surface area contributed by atoms with E-state index in [1.54, 1.807) is 4.68 Å². The average Bonchev–Trinajstić information content (AvgIpc) is 3.43. The van der Waals surface area contributed by atoms with Gasteiger partial charge in [0, 0.05) is 27.8 Å². The Labute approximate surface area is 192 Å². The van der Waals surface area contributed by atoms with Gasteiger partial charge in [0.1, 0.15) is 11.4 Å². The van der Waals surface area contributed by atoms with Crippen LogP contribution in [0.3, 0.4) is 0 Å². The molecule has 0 bridgehead atoms. The standard InChI is InChI=1S/C25H27N3O4S/c1-15-18-10-9-16-7-5-6-8-19(16)23(18)32-22(15)24(29)26-21-13-20(25(2,3)4)27-28(21)17-11-12-33(30,31)14-17/h5-10,13,17H,11-12,14H2,1-4H3,(H,26,29). The summed E-state index contributed by atoms with van der Waals surface area (Å²) in [6, 6.07) is 13.4. The maximum Gasteiger partial charge on any atom is 0.292 e. The van der Waals surface area contributed by atoms with Gasteiger partial charge in [0.2, 0.25) is 0 Å². The quantitative estimate of drug-likeness (QED) is 0.459. The van der Waals surface area contributed by atoms with Crippen molar-refractivity contribution in [1.82, 2.24) is 9.78 Å². The molecule has 1 unspecified atom stereocenters. The summed E-state index contributed by atoms with van der Waals surface area (Å²) >= 11 is 0. The molecule has 1 aliphatic heterocycles. The molecule has 1 amide bonds. The van der Waals surface area contributed by atoms with Crippen molar-refractivity contribution in [3.8, 4) is 0 Å². The Hall–Kier alpha value is -3.13. The zero-order chi connectivity index (χ0) is 23.5. The smallest absolute Gasteiger partial charge is 0.292 e. The van der Waals surface area contributed by atoms with Gasteiger partial charge in [-0.3, -0.25) is 4.79 Å². The molecule has 0 saturated carbocycles. The van der Waals surface area contributed by atoms with Gasteiger partial charge in [0.25, 0.3) is 5.91 Å². The number of nitrogens with one attached hydrogen (secondary N) is 1. The van der Waals surface area contributed by atoms with E-state index >= 15 is 0 Å². The summed E-state index contributed by atoms with van der Waals surface area (Å²) in [6.45, 7) is 7.97. The lowest BCUT2D eigenvalue weighted by Gasteiger charge is -2.15. The number of amides is 1. The maximum absolute atomic E-state index is 13.3. The number of benzene rings is 2. The van der Waals surface area contributed by atoms with Crippen LogP contribution >= 0.6 is 0 Å². The first-order valence-corrected chi connectivity index (χ1v) is 12.9. The first-order chi connectivity index (χ1) is 15.5. The fraction of sp³-hybridized carbons (Fsp3) is 0.360. The van der Waals surface area contributed by atoms with Crippen LogP contribution in [0, 0.1) is 6.92 Å². The third-order valence-corrected chi connectivity index (χ3v) is 8.08. The minimum Gasteiger partial charge on any atom is -0.450 e. The number of fused-ring (bicyclic) bond motifs is 3. The molecule has 1 N–H and O–H groups in total. The molecule has 0 radical (unpaired) electrons. The molecule has 1 fully saturated rings. The molecule has 2 aromatic carbocycles. The van der Waals surface area contributed by atoms with Crippen LogP contribution in [0.15, 0.2) is 46.9 Å². The van der Waals surface area contributed by atoms with Crippen LogP contribution in [0.4, 0.5) is 5.82 Å². The van der Waals surface area contributed by atoms with Crippen molar-refractivity contribution < 1.29 is 17.6 Å². The van der Waals surface area contributed by atoms with Gasteiger partial charge in [-0.1, -0.05) is 57.2 Å². The molecule has 0 spiro atoms. The highest BCUT2D eigenvalue weighted by atomic mass is 32.2. The van der Waals surface area contributed by atoms with Crippen LogP contribution in [-0.4, -0.2) is 35.6 Å². The summed E-state index contributed by atoms with van der Waals surface area (Å²) in [5.74, 6) is 0.500. The fourth-order valence-corrected chi connectivity index (χ4v) is 6.13. The maximum atomic E-state index is 13.3. The summed E-state index contributed by atoms with van der Waals surface area (Å²) in [7, 11) is -3.10. The molecule has 0 aliphatic carbocycles. The lowest BCUT2D eigenvalue weighted by Crippen LogP contribution is -2.20. The van der Waals surface area contributed by atoms with Crippen LogP contribution in [-0.2, 0) is 15.3 Å². The van der Waals surface area contributed by atoms with E-state index < -0.39 is 9.84 Å². The van der Waals surface area contributed by atoms with Crippen LogP contribution < -0.4 is 5.32 Å². The molecule has 8 heteroatoms. The summed E-state index contributed by atoms with van der Waals surface area (Å²) in [6.07, 6.45) is 0.478. The van der Waals surface area contributed by atoms with Crippen molar-refractivity contribution in [2.45, 2.75) is 45.6 Å². The third-order valence-electron chi connectivity index (χ3n) is 6.33. The lowest BCUT2D eigenvalue weighted by atomic mass is 9.92. The van der Waals surface area contributed by atoms with Crippen LogP contribution in [0.5, 0.6) is 0 Å². The molecule has 4 aromatic rings. The predicted octanol–water partition coefficient (Wildman–Crippen LogP) is 5.00. The van der Waals surface area contributed by atoms with Gasteiger partial charge in [0.15, 0.2) is 15.6 Å². The van der Waals surface area contributed by atoms with Crippen molar-refractivity contribution in [2.24, 2.45) is 0 Å². The normalized spacial score (nSPS) is 18.2. The minimum absolute atomic E-state index is 0.0246. The summed E-state index contributed by atoms with van der Waals surface area (Å²) in [5.41, 5.74) is 1.98. The summed E-state index contributed by atoms with van der Waals surface area (Å²) in [4.78, 5) is 13.3. The van der Waals surface area contributed by atoms with Crippen LogP contribution in [0.25, 0.3) is 21.7 Å². The Bertz CT molecular complexity index is 1510. The largest absolute Gasteiger partial charge is 0.450 e. The van der Waals surface area contributed by atoms with Crippen molar-refractivity contribution in [1.29, 1.82) is 0 Å². The van der Waals surface area contributed by atoms with E-state index in [4.69, 9.17) is 4.42 Å². The van der Waals surface area contributed by atoms with Gasteiger partial charge < -0.3 is 9.73 Å². The molecule has 1 saturated heterocycles. The molecule has 3 heterocycles. The van der Waals surface area contributed by atoms with E-state index in [2.05, 4.69) is 10.4 Å². The van der Waals surface area contributed by atoms with Gasteiger partial charge in [-0.15, -0.1) is 0 Å². The van der Waals surface area contributed by atoms with Gasteiger partial charge in [-0.2, -0.15) is 5.10 Å². The SMILES string of the molecule is Cc1c(C(=O)Nc2cc(C(C)(C)C)nn2C2CCS(=O)(=O)C2)oc2c1ccc1ccccc12. The number of hydrogen-bond donors (Lipinski definition) is 1. The van der Waals surface area contributed by atoms with Crippen LogP contribution in [0.2, 0.25) is 0 Å². The molecular weight excluding hydrogens is 438 g/mol. The molecule has 1 atom stereocenters. The molecule has 1 aliphatic rings. The first-order valence-electron chi connectivity index (χ1n) is 11.1. The number of anilines is 1. The first kappa shape index (κ1) is 21.7. The summed E-state index contributed by atoms with van der Waals surface area (Å²) in [5, 5.41) is 10.5. The number of sulfone groups is 1. The second-order valence-electron chi connectivity index (χ2n) is 9.84. The molecular formula is C25H27N3O4S. The Morgan fingerprint density at radius 1 is 1.15 bits per heavy atom. The average molecular weight is 466 g/mol. The Morgan fingerprint density at radius 2 is 1.91 bits per heavy atom. The number of aryl methyl sites for hydroxylation is 1. The van der Waals surface area contributed by atoms with E-state index in [1.165, 1.54) is 0 Å². The Morgan fingerprint density at radius 3 is 2.61 bits per heavy atom. The number of aromatic nitrogens is 2. The minimum atomic E-state index is -3.10. The van der Waals surface area contributed by atoms with E-state index in [0.29, 0.717) is 17.8 Å². The Balaban J connectivity index is 1.55. The summed E-state index contributed by atoms with van der Waals surface area (Å²) < 4.78 is 31.9. The number of rotatable bonds is 3. The van der Waals surface area contributed by atoms with Crippen molar-refractivity contribution in [2.75, 3.05) is 16.8 Å². The van der Waals surface area contributed by atoms with Crippen molar-refractivity contribution in [3.05, 3.63) is 59.5 Å². The van der Waals surface area contributed by atoms with Gasteiger partial charge in [-0.05, 0) is 18.7 Å². The van der Waals surface area contributed by atoms with E-state index in [9.17, 15) is 13.2 Å². The molecule has 33 heavy (non-hydrogen) atoms. The predicted molar refractivity (Wildman–Crippen MR) is 130 cm³/mol. The van der Waals surface area contributed by atoms with Crippen LogP contribution in [0.1, 0.15) is 55.0 Å². The Kier molecular flexibility index (Phi) is 4.90. The zero-order valence-electron chi connectivity index (χ0n) is 19.2. The number of carbonyl (C=O) groups excluding carboxylic acids is 1. The zero-order valence-corrected chi connectivity index (χ0v) is 20.0. The fourth-order valence-electron chi connectivity index (χ4n) is 4.44. The van der Waals surface area contributed by atoms with Crippen molar-refractivity contribution in [3.63, 3.8) is 0 Å². The molecule has 5 rings (SSSR count). The number of hydrogen-bond acceptors (Lipinski definition) is 5. The monoisotopic (exact) mass is 465 g/mol. The second-order valence-corrected chi connectivity index (χ2v) is 12.1. The highest BCUT2D eigenvalue weighted by Crippen LogP contribution is 2.34. The number of furan rings is 1. The second kappa shape index (κ2) is 7.45. The lowest BCUT2D eigenvalue weighted by molar-refractivity contribution is 0.0997. The van der Waals surface area contributed by atoms with Gasteiger partial charge in [0.05, 0.1) is 23.2 Å². The van der Waals surface area contributed by atoms with E-state index in [1.807, 2.05) is 70.2 Å². The number of carbonyl (C=O) groups is 1. The molecule has 2 aromatic heterocycles. The van der Waals surface area contributed by atoms with Gasteiger partial charge in [-0.25, -0.2) is 13.1 Å². The number of nitrogens with zero attached hydrogens (tertiary/aromatic N) is 2. The topological polar surface area (TPSA) is 94.2 Å². The van der Waals surface area contributed by atoms with Crippen molar-refractivity contribution >= 4 is 43.3 Å². The highest BCUT2D eigenvalue weighted by molar-refractivity contribution is 7.91. The third kappa shape index (κ3) is 3.82. The van der Waals surface area contributed by atoms with E-state index in [-0.39, 0.29) is 34.6 Å². The van der Waals surface area contributed by atoms with E-state index in [0.717, 1.165) is 27.4 Å². The highest BCUT2D eigenvalue weighted by Gasteiger charge is 2.33. The molecule has 7 nitrogen and oxygen atoms in total. The van der Waals surface area contributed by atoms with Gasteiger partial charge >= 0.3 is 0 Å². The molecule has 172 valence electrons.